The highest BCUT2D eigenvalue weighted by atomic mass is 16.5. The van der Waals surface area contributed by atoms with E-state index in [9.17, 15) is 9.59 Å². The molecule has 0 unspecified atom stereocenters. The summed E-state index contributed by atoms with van der Waals surface area (Å²) < 4.78 is 18.4. The smallest absolute Gasteiger partial charge is 0.325 e. The molecule has 1 aromatic carbocycles. The van der Waals surface area contributed by atoms with Crippen LogP contribution in [0.15, 0.2) is 67.5 Å². The second kappa shape index (κ2) is 10.3. The predicted molar refractivity (Wildman–Crippen MR) is 121 cm³/mol. The van der Waals surface area contributed by atoms with E-state index in [-0.39, 0.29) is 11.6 Å². The standard InChI is InChI=1S/C23H24N4O5/c1-5-15(2)22(28)26-21-13-17(6-8-25-21)32-20-12-16-7-9-27(23(29)24-3)18(16)14-19(20)31-11-10-30-4/h5-9,12-14H,1-2,10-11H2,3-4H3,(H,24,29)(H,25,26,28). The Morgan fingerprint density at radius 1 is 1.19 bits per heavy atom. The lowest BCUT2D eigenvalue weighted by Gasteiger charge is -2.14. The number of hydrogen-bond acceptors (Lipinski definition) is 6. The Hall–Kier alpha value is -4.11. The fourth-order valence-corrected chi connectivity index (χ4v) is 2.83. The summed E-state index contributed by atoms with van der Waals surface area (Å²) in [5.41, 5.74) is 0.882. The largest absolute Gasteiger partial charge is 0.487 e. The van der Waals surface area contributed by atoms with Gasteiger partial charge in [-0.25, -0.2) is 9.78 Å². The molecule has 0 aliphatic rings. The monoisotopic (exact) mass is 436 g/mol. The lowest BCUT2D eigenvalue weighted by atomic mass is 10.2. The first-order valence-electron chi connectivity index (χ1n) is 9.72. The van der Waals surface area contributed by atoms with Crippen LogP contribution in [-0.2, 0) is 9.53 Å². The second-order valence-electron chi connectivity index (χ2n) is 6.60. The third kappa shape index (κ3) is 5.13. The van der Waals surface area contributed by atoms with E-state index >= 15 is 0 Å². The lowest BCUT2D eigenvalue weighted by Crippen LogP contribution is -2.23. The van der Waals surface area contributed by atoms with Crippen molar-refractivity contribution in [3.05, 3.63) is 67.5 Å². The molecule has 0 aliphatic carbocycles. The third-order valence-corrected chi connectivity index (χ3v) is 4.47. The fourth-order valence-electron chi connectivity index (χ4n) is 2.83. The molecule has 0 aliphatic heterocycles. The van der Waals surface area contributed by atoms with Crippen molar-refractivity contribution in [3.8, 4) is 17.2 Å². The van der Waals surface area contributed by atoms with Gasteiger partial charge in [-0.15, -0.1) is 0 Å². The topological polar surface area (TPSA) is 104 Å². The van der Waals surface area contributed by atoms with Crippen molar-refractivity contribution in [3.63, 3.8) is 0 Å². The molecule has 0 atom stereocenters. The van der Waals surface area contributed by atoms with Gasteiger partial charge in [-0.3, -0.25) is 9.36 Å². The average Bonchev–Trinajstić information content (AvgIpc) is 3.21. The molecule has 2 aromatic heterocycles. The molecule has 9 nitrogen and oxygen atoms in total. The zero-order chi connectivity index (χ0) is 23.1. The number of ether oxygens (including phenoxy) is 3. The van der Waals surface area contributed by atoms with Gasteiger partial charge in [0.2, 0.25) is 0 Å². The van der Waals surface area contributed by atoms with Crippen LogP contribution in [0, 0.1) is 0 Å². The van der Waals surface area contributed by atoms with Crippen LogP contribution in [0.4, 0.5) is 10.6 Å². The Kier molecular flexibility index (Phi) is 7.25. The number of aromatic nitrogens is 2. The van der Waals surface area contributed by atoms with Gasteiger partial charge in [0.1, 0.15) is 18.2 Å². The van der Waals surface area contributed by atoms with Crippen LogP contribution < -0.4 is 20.1 Å². The number of methoxy groups -OCH3 is 1. The second-order valence-corrected chi connectivity index (χ2v) is 6.60. The van der Waals surface area contributed by atoms with Crippen LogP contribution in [-0.4, -0.2) is 48.9 Å². The number of fused-ring (bicyclic) bond motifs is 1. The zero-order valence-corrected chi connectivity index (χ0v) is 17.9. The molecule has 2 N–H and O–H groups in total. The number of nitrogens with one attached hydrogen (secondary N) is 2. The molecule has 0 saturated heterocycles. The highest BCUT2D eigenvalue weighted by molar-refractivity contribution is 6.04. The third-order valence-electron chi connectivity index (χ3n) is 4.47. The van der Waals surface area contributed by atoms with E-state index in [0.29, 0.717) is 41.8 Å². The minimum Gasteiger partial charge on any atom is -0.487 e. The molecule has 0 fully saturated rings. The number of carbonyl (C=O) groups is 2. The minimum atomic E-state index is -0.412. The Morgan fingerprint density at radius 2 is 2.00 bits per heavy atom. The first-order chi connectivity index (χ1) is 15.5. The van der Waals surface area contributed by atoms with E-state index in [1.807, 2.05) is 0 Å². The molecular formula is C23H24N4O5. The molecule has 0 bridgehead atoms. The SMILES string of the molecule is C=CC(=C)C(=O)Nc1cc(Oc2cc3ccn(C(=O)NC)c3cc2OCCOC)ccn1. The first-order valence-corrected chi connectivity index (χ1v) is 9.72. The van der Waals surface area contributed by atoms with Crippen LogP contribution in [0.3, 0.4) is 0 Å². The van der Waals surface area contributed by atoms with Gasteiger partial charge in [-0.1, -0.05) is 19.2 Å². The zero-order valence-electron chi connectivity index (χ0n) is 17.9. The summed E-state index contributed by atoms with van der Waals surface area (Å²) in [5, 5.41) is 6.01. The summed E-state index contributed by atoms with van der Waals surface area (Å²) in [7, 11) is 3.14. The van der Waals surface area contributed by atoms with Gasteiger partial charge < -0.3 is 24.8 Å². The number of amides is 2. The molecule has 166 valence electrons. The number of hydrogen-bond donors (Lipinski definition) is 2. The highest BCUT2D eigenvalue weighted by Gasteiger charge is 2.15. The van der Waals surface area contributed by atoms with Crippen molar-refractivity contribution in [1.29, 1.82) is 0 Å². The molecule has 3 aromatic rings. The van der Waals surface area contributed by atoms with E-state index in [4.69, 9.17) is 14.2 Å². The quantitative estimate of drug-likeness (QED) is 0.301. The van der Waals surface area contributed by atoms with Crippen molar-refractivity contribution in [1.82, 2.24) is 14.9 Å². The van der Waals surface area contributed by atoms with Crippen LogP contribution in [0.5, 0.6) is 17.2 Å². The Bertz CT molecular complexity index is 1170. The van der Waals surface area contributed by atoms with Gasteiger partial charge in [0, 0.05) is 49.6 Å². The maximum atomic E-state index is 12.1. The van der Waals surface area contributed by atoms with E-state index < -0.39 is 5.91 Å². The van der Waals surface area contributed by atoms with Gasteiger partial charge >= 0.3 is 6.03 Å². The molecule has 3 rings (SSSR count). The maximum Gasteiger partial charge on any atom is 0.325 e. The lowest BCUT2D eigenvalue weighted by molar-refractivity contribution is -0.112. The Balaban J connectivity index is 1.93. The number of anilines is 1. The van der Waals surface area contributed by atoms with E-state index in [0.717, 1.165) is 5.39 Å². The van der Waals surface area contributed by atoms with Crippen LogP contribution in [0.25, 0.3) is 10.9 Å². The molecule has 2 heterocycles. The first kappa shape index (κ1) is 22.6. The van der Waals surface area contributed by atoms with Crippen molar-refractivity contribution in [2.45, 2.75) is 0 Å². The Morgan fingerprint density at radius 3 is 2.72 bits per heavy atom. The van der Waals surface area contributed by atoms with Crippen molar-refractivity contribution in [2.75, 3.05) is 32.7 Å². The number of benzene rings is 1. The average molecular weight is 436 g/mol. The summed E-state index contributed by atoms with van der Waals surface area (Å²) in [4.78, 5) is 28.3. The summed E-state index contributed by atoms with van der Waals surface area (Å²) in [6.07, 6.45) is 4.53. The summed E-state index contributed by atoms with van der Waals surface area (Å²) in [6.45, 7) is 7.81. The molecule has 9 heteroatoms. The number of rotatable bonds is 9. The van der Waals surface area contributed by atoms with Crippen LogP contribution in [0.1, 0.15) is 0 Å². The van der Waals surface area contributed by atoms with Crippen LogP contribution in [0.2, 0.25) is 0 Å². The number of carbonyl (C=O) groups excluding carboxylic acids is 2. The van der Waals surface area contributed by atoms with Gasteiger partial charge in [-0.05, 0) is 18.2 Å². The van der Waals surface area contributed by atoms with E-state index in [2.05, 4.69) is 28.8 Å². The predicted octanol–water partition coefficient (Wildman–Crippen LogP) is 3.72. The van der Waals surface area contributed by atoms with Gasteiger partial charge in [-0.2, -0.15) is 0 Å². The van der Waals surface area contributed by atoms with Gasteiger partial charge in [0.05, 0.1) is 12.1 Å². The normalized spacial score (nSPS) is 10.4. The summed E-state index contributed by atoms with van der Waals surface area (Å²) in [6, 6.07) is 8.26. The number of pyridine rings is 1. The van der Waals surface area contributed by atoms with E-state index in [1.54, 1.807) is 50.7 Å². The van der Waals surface area contributed by atoms with Crippen molar-refractivity contribution >= 4 is 28.7 Å². The Labute approximate surface area is 185 Å². The van der Waals surface area contributed by atoms with E-state index in [1.165, 1.54) is 16.8 Å². The van der Waals surface area contributed by atoms with Crippen molar-refractivity contribution < 1.29 is 23.8 Å². The van der Waals surface area contributed by atoms with Crippen molar-refractivity contribution in [2.24, 2.45) is 0 Å². The minimum absolute atomic E-state index is 0.220. The molecule has 32 heavy (non-hydrogen) atoms. The molecule has 0 radical (unpaired) electrons. The molecule has 0 saturated carbocycles. The maximum absolute atomic E-state index is 12.1. The van der Waals surface area contributed by atoms with Gasteiger partial charge in [0.25, 0.3) is 5.91 Å². The highest BCUT2D eigenvalue weighted by Crippen LogP contribution is 2.36. The summed E-state index contributed by atoms with van der Waals surface area (Å²) in [5.74, 6) is 1.18. The van der Waals surface area contributed by atoms with Gasteiger partial charge in [0.15, 0.2) is 11.5 Å². The molecule has 2 amide bonds. The molecule has 0 spiro atoms. The summed E-state index contributed by atoms with van der Waals surface area (Å²) >= 11 is 0. The fraction of sp³-hybridized carbons (Fsp3) is 0.174. The number of nitrogens with zero attached hydrogens (tertiary/aromatic N) is 2. The van der Waals surface area contributed by atoms with Crippen LogP contribution >= 0.6 is 0 Å². The molecular weight excluding hydrogens is 412 g/mol.